The molecule has 7 heteroatoms. The molecule has 0 aliphatic carbocycles. The second kappa shape index (κ2) is 8.39. The molecule has 0 saturated carbocycles. The Hall–Kier alpha value is -2.64. The van der Waals surface area contributed by atoms with E-state index < -0.39 is 5.91 Å². The SMILES string of the molecule is CCOc1ccc2ccccc2c1/C=N\NC(=O)c1cc2cc(Br)cc(Br)c2o1. The second-order valence-corrected chi connectivity index (χ2v) is 8.02. The Bertz CT molecular complexity index is 1250. The number of carbonyl (C=O) groups is 1. The van der Waals surface area contributed by atoms with E-state index in [4.69, 9.17) is 9.15 Å². The van der Waals surface area contributed by atoms with Gasteiger partial charge in [-0.05, 0) is 57.9 Å². The molecule has 1 aromatic heterocycles. The highest BCUT2D eigenvalue weighted by molar-refractivity contribution is 9.11. The van der Waals surface area contributed by atoms with E-state index in [0.29, 0.717) is 17.9 Å². The molecule has 0 fully saturated rings. The third kappa shape index (κ3) is 4.06. The van der Waals surface area contributed by atoms with Gasteiger partial charge in [0.05, 0.1) is 17.3 Å². The van der Waals surface area contributed by atoms with Gasteiger partial charge in [-0.2, -0.15) is 5.10 Å². The van der Waals surface area contributed by atoms with Crippen molar-refractivity contribution in [2.24, 2.45) is 5.10 Å². The quantitative estimate of drug-likeness (QED) is 0.251. The van der Waals surface area contributed by atoms with E-state index in [1.807, 2.05) is 55.5 Å². The van der Waals surface area contributed by atoms with Crippen LogP contribution in [0.4, 0.5) is 0 Å². The maximum absolute atomic E-state index is 12.5. The lowest BCUT2D eigenvalue weighted by molar-refractivity contribution is 0.0929. The summed E-state index contributed by atoms with van der Waals surface area (Å²) in [5, 5.41) is 7.01. The van der Waals surface area contributed by atoms with Crippen molar-refractivity contribution in [2.75, 3.05) is 6.61 Å². The lowest BCUT2D eigenvalue weighted by atomic mass is 10.0. The lowest BCUT2D eigenvalue weighted by Crippen LogP contribution is -2.16. The summed E-state index contributed by atoms with van der Waals surface area (Å²) in [4.78, 5) is 12.5. The van der Waals surface area contributed by atoms with E-state index in [9.17, 15) is 4.79 Å². The van der Waals surface area contributed by atoms with Gasteiger partial charge in [-0.15, -0.1) is 0 Å². The molecule has 0 spiro atoms. The zero-order chi connectivity index (χ0) is 20.4. The third-order valence-electron chi connectivity index (χ3n) is 4.35. The first-order valence-electron chi connectivity index (χ1n) is 8.93. The van der Waals surface area contributed by atoms with Gasteiger partial charge in [0.1, 0.15) is 11.3 Å². The van der Waals surface area contributed by atoms with Crippen LogP contribution in [0.15, 0.2) is 73.1 Å². The van der Waals surface area contributed by atoms with Gasteiger partial charge in [-0.3, -0.25) is 4.79 Å². The standard InChI is InChI=1S/C22H16Br2N2O3/c1-2-28-19-8-7-13-5-3-4-6-16(13)17(19)12-25-26-22(27)20-10-14-9-15(23)11-18(24)21(14)29-20/h3-12H,2H2,1H3,(H,26,27)/b25-12-. The molecule has 29 heavy (non-hydrogen) atoms. The molecule has 0 atom stereocenters. The highest BCUT2D eigenvalue weighted by Crippen LogP contribution is 2.31. The van der Waals surface area contributed by atoms with Crippen molar-refractivity contribution < 1.29 is 13.9 Å². The van der Waals surface area contributed by atoms with Crippen LogP contribution in [0, 0.1) is 0 Å². The number of fused-ring (bicyclic) bond motifs is 2. The largest absolute Gasteiger partial charge is 0.493 e. The minimum atomic E-state index is -0.432. The van der Waals surface area contributed by atoms with E-state index in [2.05, 4.69) is 42.4 Å². The molecule has 0 bridgehead atoms. The monoisotopic (exact) mass is 514 g/mol. The average molecular weight is 516 g/mol. The summed E-state index contributed by atoms with van der Waals surface area (Å²) in [6.07, 6.45) is 1.60. The number of carbonyl (C=O) groups excluding carboxylic acids is 1. The first-order valence-corrected chi connectivity index (χ1v) is 10.5. The van der Waals surface area contributed by atoms with Crippen molar-refractivity contribution >= 4 is 65.7 Å². The number of ether oxygens (including phenoxy) is 1. The number of amides is 1. The molecule has 1 N–H and O–H groups in total. The number of halogens is 2. The molecule has 3 aromatic carbocycles. The molecular weight excluding hydrogens is 500 g/mol. The summed E-state index contributed by atoms with van der Waals surface area (Å²) in [5.74, 6) is 0.458. The Morgan fingerprint density at radius 1 is 1.14 bits per heavy atom. The number of hydrazone groups is 1. The second-order valence-electron chi connectivity index (χ2n) is 6.25. The Labute approximate surface area is 184 Å². The highest BCUT2D eigenvalue weighted by atomic mass is 79.9. The Morgan fingerprint density at radius 2 is 1.97 bits per heavy atom. The van der Waals surface area contributed by atoms with Crippen LogP contribution in [0.1, 0.15) is 23.0 Å². The first-order chi connectivity index (χ1) is 14.1. The summed E-state index contributed by atoms with van der Waals surface area (Å²) in [5.41, 5.74) is 3.94. The van der Waals surface area contributed by atoms with Gasteiger partial charge < -0.3 is 9.15 Å². The molecule has 1 amide bonds. The predicted molar refractivity (Wildman–Crippen MR) is 122 cm³/mol. The molecule has 146 valence electrons. The number of nitrogens with one attached hydrogen (secondary N) is 1. The number of rotatable bonds is 5. The molecule has 4 rings (SSSR count). The fourth-order valence-electron chi connectivity index (χ4n) is 3.09. The minimum Gasteiger partial charge on any atom is -0.493 e. The molecule has 1 heterocycles. The number of hydrogen-bond donors (Lipinski definition) is 1. The van der Waals surface area contributed by atoms with Crippen LogP contribution >= 0.6 is 31.9 Å². The van der Waals surface area contributed by atoms with Gasteiger partial charge in [-0.1, -0.05) is 46.3 Å². The molecule has 0 aliphatic rings. The summed E-state index contributed by atoms with van der Waals surface area (Å²) in [7, 11) is 0. The van der Waals surface area contributed by atoms with Crippen LogP contribution in [-0.4, -0.2) is 18.7 Å². The lowest BCUT2D eigenvalue weighted by Gasteiger charge is -2.10. The van der Waals surface area contributed by atoms with Gasteiger partial charge in [0.25, 0.3) is 0 Å². The number of hydrogen-bond acceptors (Lipinski definition) is 4. The molecule has 4 aromatic rings. The van der Waals surface area contributed by atoms with E-state index in [0.717, 1.165) is 30.7 Å². The van der Waals surface area contributed by atoms with Gasteiger partial charge in [-0.25, -0.2) is 5.43 Å². The molecule has 0 unspecified atom stereocenters. The third-order valence-corrected chi connectivity index (χ3v) is 5.40. The maximum atomic E-state index is 12.5. The Morgan fingerprint density at radius 3 is 2.79 bits per heavy atom. The molecule has 0 saturated heterocycles. The predicted octanol–water partition coefficient (Wildman–Crippen LogP) is 6.27. The van der Waals surface area contributed by atoms with Gasteiger partial charge >= 0.3 is 5.91 Å². The van der Waals surface area contributed by atoms with E-state index in [1.54, 1.807) is 12.3 Å². The normalized spacial score (nSPS) is 11.4. The molecule has 0 radical (unpaired) electrons. The van der Waals surface area contributed by atoms with Crippen LogP contribution < -0.4 is 10.2 Å². The molecule has 5 nitrogen and oxygen atoms in total. The van der Waals surface area contributed by atoms with Gasteiger partial charge in [0.15, 0.2) is 5.76 Å². The number of furan rings is 1. The zero-order valence-corrected chi connectivity index (χ0v) is 18.6. The van der Waals surface area contributed by atoms with Crippen molar-refractivity contribution in [3.8, 4) is 5.75 Å². The number of nitrogens with zero attached hydrogens (tertiary/aromatic N) is 1. The fourth-order valence-corrected chi connectivity index (χ4v) is 4.43. The van der Waals surface area contributed by atoms with E-state index >= 15 is 0 Å². The minimum absolute atomic E-state index is 0.180. The summed E-state index contributed by atoms with van der Waals surface area (Å²) >= 11 is 6.87. The first kappa shape index (κ1) is 19.7. The van der Waals surface area contributed by atoms with Crippen molar-refractivity contribution in [3.05, 3.63) is 74.9 Å². The van der Waals surface area contributed by atoms with Crippen molar-refractivity contribution in [1.29, 1.82) is 0 Å². The van der Waals surface area contributed by atoms with Crippen molar-refractivity contribution in [2.45, 2.75) is 6.92 Å². The fraction of sp³-hybridized carbons (Fsp3) is 0.0909. The molecule has 0 aliphatic heterocycles. The number of benzene rings is 3. The summed E-state index contributed by atoms with van der Waals surface area (Å²) in [6.45, 7) is 2.46. The summed E-state index contributed by atoms with van der Waals surface area (Å²) < 4.78 is 13.0. The van der Waals surface area contributed by atoms with Crippen LogP contribution in [0.5, 0.6) is 5.75 Å². The zero-order valence-electron chi connectivity index (χ0n) is 15.4. The van der Waals surface area contributed by atoms with Crippen LogP contribution in [0.2, 0.25) is 0 Å². The smallest absolute Gasteiger partial charge is 0.307 e. The van der Waals surface area contributed by atoms with Crippen LogP contribution in [0.25, 0.3) is 21.7 Å². The van der Waals surface area contributed by atoms with Crippen molar-refractivity contribution in [3.63, 3.8) is 0 Å². The summed E-state index contributed by atoms with van der Waals surface area (Å²) in [6, 6.07) is 17.3. The van der Waals surface area contributed by atoms with Crippen LogP contribution in [0.3, 0.4) is 0 Å². The average Bonchev–Trinajstić information content (AvgIpc) is 3.14. The Kier molecular flexibility index (Phi) is 5.69. The van der Waals surface area contributed by atoms with E-state index in [-0.39, 0.29) is 5.76 Å². The van der Waals surface area contributed by atoms with Crippen molar-refractivity contribution in [1.82, 2.24) is 5.43 Å². The topological polar surface area (TPSA) is 63.8 Å². The van der Waals surface area contributed by atoms with Crippen LogP contribution in [-0.2, 0) is 0 Å². The Balaban J connectivity index is 1.61. The molecular formula is C22H16Br2N2O3. The maximum Gasteiger partial charge on any atom is 0.307 e. The van der Waals surface area contributed by atoms with E-state index in [1.165, 1.54) is 0 Å². The van der Waals surface area contributed by atoms with Gasteiger partial charge in [0, 0.05) is 15.4 Å². The highest BCUT2D eigenvalue weighted by Gasteiger charge is 2.14. The van der Waals surface area contributed by atoms with Gasteiger partial charge in [0.2, 0.25) is 0 Å².